The van der Waals surface area contributed by atoms with Crippen LogP contribution in [0.2, 0.25) is 0 Å². The molecular weight excluding hydrogens is 676 g/mol. The van der Waals surface area contributed by atoms with Gasteiger partial charge in [-0.2, -0.15) is 0 Å². The Labute approximate surface area is 302 Å². The van der Waals surface area contributed by atoms with E-state index in [4.69, 9.17) is 21.7 Å². The monoisotopic (exact) mass is 718 g/mol. The summed E-state index contributed by atoms with van der Waals surface area (Å²) in [4.78, 5) is 55.2. The Morgan fingerprint density at radius 1 is 0.980 bits per heavy atom. The molecule has 0 aliphatic carbocycles. The quantitative estimate of drug-likeness (QED) is 0.0844. The summed E-state index contributed by atoms with van der Waals surface area (Å²) in [7, 11) is 0. The van der Waals surface area contributed by atoms with Gasteiger partial charge >= 0.3 is 12.1 Å². The molecule has 2 heterocycles. The number of aryl methyl sites for hydroxylation is 1. The molecule has 0 unspecified atom stereocenters. The molecule has 12 nitrogen and oxygen atoms in total. The molecule has 51 heavy (non-hydrogen) atoms. The zero-order valence-corrected chi connectivity index (χ0v) is 29.4. The summed E-state index contributed by atoms with van der Waals surface area (Å²) < 4.78 is 25.7. The second kappa shape index (κ2) is 18.2. The maximum absolute atomic E-state index is 15.2. The second-order valence-electron chi connectivity index (χ2n) is 12.3. The van der Waals surface area contributed by atoms with Crippen LogP contribution in [0.3, 0.4) is 0 Å². The van der Waals surface area contributed by atoms with Gasteiger partial charge in [-0.05, 0) is 60.7 Å². The Hall–Kier alpha value is -5.08. The molecule has 0 radical (unpaired) electrons. The van der Waals surface area contributed by atoms with Gasteiger partial charge in [0.05, 0.1) is 36.0 Å². The predicted molar refractivity (Wildman–Crippen MR) is 196 cm³/mol. The Balaban J connectivity index is 0.976. The van der Waals surface area contributed by atoms with Crippen molar-refractivity contribution in [1.29, 1.82) is 0 Å². The molecule has 2 saturated heterocycles. The number of nitrogens with one attached hydrogen (secondary N) is 3. The van der Waals surface area contributed by atoms with Gasteiger partial charge in [0.1, 0.15) is 18.5 Å². The van der Waals surface area contributed by atoms with E-state index < -0.39 is 23.7 Å². The van der Waals surface area contributed by atoms with Crippen molar-refractivity contribution in [1.82, 2.24) is 15.6 Å². The van der Waals surface area contributed by atoms with Gasteiger partial charge in [0.25, 0.3) is 5.78 Å². The van der Waals surface area contributed by atoms with E-state index in [9.17, 15) is 19.2 Å². The van der Waals surface area contributed by atoms with Gasteiger partial charge in [0.15, 0.2) is 0 Å². The normalized spacial score (nSPS) is 15.7. The number of halogens is 1. The SMILES string of the molecule is CCC(=S)NC[C@H]1CN(c2ccc(N3CCN(C(=O)CCCc4ccc(NNCC(=O)C(=O)OCc5ccccc5)cc4)CC3)c(F)c2)C(=O)O1. The number of nitrogens with zero attached hydrogens (tertiary/aromatic N) is 3. The van der Waals surface area contributed by atoms with Crippen molar-refractivity contribution >= 4 is 58.0 Å². The minimum Gasteiger partial charge on any atom is -0.455 e. The van der Waals surface area contributed by atoms with Gasteiger partial charge in [-0.15, -0.1) is 0 Å². The van der Waals surface area contributed by atoms with Crippen molar-refractivity contribution in [3.05, 3.63) is 89.7 Å². The van der Waals surface area contributed by atoms with Crippen LogP contribution in [0.5, 0.6) is 0 Å². The molecule has 270 valence electrons. The molecule has 3 aromatic carbocycles. The van der Waals surface area contributed by atoms with Crippen LogP contribution in [0.25, 0.3) is 0 Å². The van der Waals surface area contributed by atoms with Crippen molar-refractivity contribution in [2.75, 3.05) is 61.0 Å². The maximum atomic E-state index is 15.2. The van der Waals surface area contributed by atoms with Gasteiger partial charge < -0.3 is 30.0 Å². The number of hydrogen-bond donors (Lipinski definition) is 3. The zero-order chi connectivity index (χ0) is 36.2. The lowest BCUT2D eigenvalue weighted by Crippen LogP contribution is -2.49. The molecule has 3 aromatic rings. The first-order valence-corrected chi connectivity index (χ1v) is 17.5. The molecule has 0 aromatic heterocycles. The van der Waals surface area contributed by atoms with Crippen LogP contribution >= 0.6 is 12.2 Å². The highest BCUT2D eigenvalue weighted by atomic mass is 32.1. The van der Waals surface area contributed by atoms with Crippen LogP contribution < -0.4 is 26.0 Å². The number of hydrazine groups is 1. The summed E-state index contributed by atoms with van der Waals surface area (Å²) in [5, 5.41) is 3.07. The average Bonchev–Trinajstić information content (AvgIpc) is 3.53. The highest BCUT2D eigenvalue weighted by Crippen LogP contribution is 2.29. The molecule has 2 fully saturated rings. The fraction of sp³-hybridized carbons (Fsp3) is 0.378. The Morgan fingerprint density at radius 3 is 2.43 bits per heavy atom. The predicted octanol–water partition coefficient (Wildman–Crippen LogP) is 4.38. The van der Waals surface area contributed by atoms with Crippen molar-refractivity contribution in [2.24, 2.45) is 0 Å². The van der Waals surface area contributed by atoms with E-state index in [2.05, 4.69) is 16.2 Å². The van der Waals surface area contributed by atoms with Crippen LogP contribution in [0.4, 0.5) is 26.2 Å². The lowest BCUT2D eigenvalue weighted by Gasteiger charge is -2.36. The van der Waals surface area contributed by atoms with Gasteiger partial charge in [-0.25, -0.2) is 19.4 Å². The van der Waals surface area contributed by atoms with E-state index in [1.54, 1.807) is 12.1 Å². The smallest absolute Gasteiger partial charge is 0.414 e. The molecule has 3 N–H and O–H groups in total. The summed E-state index contributed by atoms with van der Waals surface area (Å²) in [5.41, 5.74) is 9.09. The number of anilines is 3. The fourth-order valence-corrected chi connectivity index (χ4v) is 5.85. The Morgan fingerprint density at radius 2 is 1.73 bits per heavy atom. The molecule has 14 heteroatoms. The number of hydrogen-bond acceptors (Lipinski definition) is 10. The van der Waals surface area contributed by atoms with E-state index in [0.717, 1.165) is 23.2 Å². The number of piperazine rings is 1. The molecule has 0 bridgehead atoms. The molecule has 2 aliphatic heterocycles. The minimum absolute atomic E-state index is 0.0378. The van der Waals surface area contributed by atoms with Gasteiger partial charge in [-0.3, -0.25) is 14.5 Å². The first-order chi connectivity index (χ1) is 24.7. The first-order valence-electron chi connectivity index (χ1n) is 17.1. The third kappa shape index (κ3) is 10.7. The summed E-state index contributed by atoms with van der Waals surface area (Å²) >= 11 is 5.17. The summed E-state index contributed by atoms with van der Waals surface area (Å²) in [6, 6.07) is 21.5. The van der Waals surface area contributed by atoms with Crippen LogP contribution in [0.1, 0.15) is 37.3 Å². The van der Waals surface area contributed by atoms with E-state index in [1.165, 1.54) is 11.0 Å². The molecule has 0 spiro atoms. The third-order valence-electron chi connectivity index (χ3n) is 8.67. The van der Waals surface area contributed by atoms with E-state index >= 15 is 4.39 Å². The highest BCUT2D eigenvalue weighted by Gasteiger charge is 2.33. The zero-order valence-electron chi connectivity index (χ0n) is 28.6. The second-order valence-corrected chi connectivity index (χ2v) is 12.8. The van der Waals surface area contributed by atoms with Crippen molar-refractivity contribution < 1.29 is 33.0 Å². The molecule has 5 rings (SSSR count). The molecule has 0 saturated carbocycles. The summed E-state index contributed by atoms with van der Waals surface area (Å²) in [6.45, 7) is 4.46. The third-order valence-corrected chi connectivity index (χ3v) is 9.10. The van der Waals surface area contributed by atoms with E-state index in [1.807, 2.05) is 71.3 Å². The standard InChI is InChI=1S/C37H43FN6O6S/c1-2-34(51)39-22-30-24-44(37(48)50-30)29-15-16-32(31(38)21-29)42-17-19-43(20-18-42)35(46)10-6-9-26-11-13-28(14-12-26)41-40-23-33(45)36(47)49-25-27-7-4-3-5-8-27/h3-5,7-8,11-16,21,30,40-41H,2,6,9-10,17-20,22-25H2,1H3,(H,39,51)/t30-/m0/s1. The highest BCUT2D eigenvalue weighted by molar-refractivity contribution is 7.80. The van der Waals surface area contributed by atoms with E-state index in [0.29, 0.717) is 74.9 Å². The number of amides is 2. The number of Topliss-reactive ketones (excluding diaryl/α,β-unsaturated/α-hetero) is 1. The van der Waals surface area contributed by atoms with Crippen molar-refractivity contribution in [2.45, 2.75) is 45.3 Å². The minimum atomic E-state index is -0.899. The lowest BCUT2D eigenvalue weighted by molar-refractivity contribution is -0.154. The van der Waals surface area contributed by atoms with Gasteiger partial charge in [0.2, 0.25) is 5.91 Å². The largest absolute Gasteiger partial charge is 0.455 e. The topological polar surface area (TPSA) is 133 Å². The van der Waals surface area contributed by atoms with Crippen molar-refractivity contribution in [3.8, 4) is 0 Å². The van der Waals surface area contributed by atoms with Crippen LogP contribution in [0.15, 0.2) is 72.8 Å². The van der Waals surface area contributed by atoms with E-state index in [-0.39, 0.29) is 25.2 Å². The first kappa shape index (κ1) is 37.2. The average molecular weight is 719 g/mol. The number of carbonyl (C=O) groups is 4. The molecular formula is C37H43FN6O6S. The number of ketones is 1. The number of rotatable bonds is 16. The fourth-order valence-electron chi connectivity index (χ4n) is 5.77. The summed E-state index contributed by atoms with van der Waals surface area (Å²) in [5.74, 6) is -1.95. The Bertz CT molecular complexity index is 1690. The molecule has 2 amide bonds. The van der Waals surface area contributed by atoms with Gasteiger partial charge in [0, 0.05) is 38.3 Å². The number of ether oxygens (including phenoxy) is 2. The van der Waals surface area contributed by atoms with Crippen LogP contribution in [-0.4, -0.2) is 85.6 Å². The number of carbonyl (C=O) groups excluding carboxylic acids is 4. The lowest BCUT2D eigenvalue weighted by atomic mass is 10.1. The number of cyclic esters (lactones) is 1. The number of thiocarbonyl (C=S) groups is 1. The molecule has 2 aliphatic rings. The molecule has 1 atom stereocenters. The van der Waals surface area contributed by atoms with Crippen LogP contribution in [0, 0.1) is 5.82 Å². The summed E-state index contributed by atoms with van der Waals surface area (Å²) in [6.07, 6.45) is 1.61. The van der Waals surface area contributed by atoms with Crippen LogP contribution in [-0.2, 0) is 36.9 Å². The maximum Gasteiger partial charge on any atom is 0.414 e. The number of benzene rings is 3. The van der Waals surface area contributed by atoms with Crippen molar-refractivity contribution in [3.63, 3.8) is 0 Å². The Kier molecular flexibility index (Phi) is 13.3. The van der Waals surface area contributed by atoms with Gasteiger partial charge in [-0.1, -0.05) is 61.6 Å². The number of esters is 1.